The van der Waals surface area contributed by atoms with Gasteiger partial charge in [0.25, 0.3) is 0 Å². The van der Waals surface area contributed by atoms with Gasteiger partial charge in [-0.25, -0.2) is 9.97 Å². The zero-order chi connectivity index (χ0) is 17.8. The molecule has 1 fully saturated rings. The minimum Gasteiger partial charge on any atom is -0.368 e. The van der Waals surface area contributed by atoms with Crippen LogP contribution in [0.4, 0.5) is 5.82 Å². The first-order valence-electron chi connectivity index (χ1n) is 9.91. The first kappa shape index (κ1) is 17.4. The summed E-state index contributed by atoms with van der Waals surface area (Å²) in [6.45, 7) is 7.10. The summed E-state index contributed by atoms with van der Waals surface area (Å²) in [6, 6.07) is 11.3. The SMILES string of the molecule is Cc1nc2c(c(NC[C@H](c3ccccc3)N3CCCCC3)n1)CCNC2. The highest BCUT2D eigenvalue weighted by Crippen LogP contribution is 2.26. The van der Waals surface area contributed by atoms with Gasteiger partial charge in [-0.05, 0) is 51.4 Å². The first-order chi connectivity index (χ1) is 12.8. The van der Waals surface area contributed by atoms with Crippen molar-refractivity contribution >= 4 is 5.82 Å². The van der Waals surface area contributed by atoms with E-state index in [0.29, 0.717) is 6.04 Å². The molecule has 1 aromatic heterocycles. The van der Waals surface area contributed by atoms with Gasteiger partial charge in [0.2, 0.25) is 0 Å². The lowest BCUT2D eigenvalue weighted by molar-refractivity contribution is 0.170. The predicted octanol–water partition coefficient (Wildman–Crippen LogP) is 3.07. The third-order valence-electron chi connectivity index (χ3n) is 5.53. The van der Waals surface area contributed by atoms with Crippen molar-refractivity contribution in [1.82, 2.24) is 20.2 Å². The number of piperidine rings is 1. The fourth-order valence-electron chi connectivity index (χ4n) is 4.19. The number of anilines is 1. The molecule has 0 amide bonds. The number of nitrogens with one attached hydrogen (secondary N) is 2. The standard InChI is InChI=1S/C21H29N5/c1-16-24-19-14-22-11-10-18(19)21(25-16)23-15-20(17-8-4-2-5-9-17)26-12-6-3-7-13-26/h2,4-5,8-9,20,22H,3,6-7,10-15H2,1H3,(H,23,24,25)/t20-/m1/s1. The molecule has 1 atom stereocenters. The van der Waals surface area contributed by atoms with Crippen molar-refractivity contribution in [3.63, 3.8) is 0 Å². The van der Waals surface area contributed by atoms with E-state index in [4.69, 9.17) is 4.98 Å². The number of aromatic nitrogens is 2. The van der Waals surface area contributed by atoms with Crippen LogP contribution < -0.4 is 10.6 Å². The molecule has 0 spiro atoms. The summed E-state index contributed by atoms with van der Waals surface area (Å²) < 4.78 is 0. The van der Waals surface area contributed by atoms with E-state index in [1.807, 2.05) is 6.92 Å². The summed E-state index contributed by atoms with van der Waals surface area (Å²) in [7, 11) is 0. The quantitative estimate of drug-likeness (QED) is 0.867. The van der Waals surface area contributed by atoms with Crippen LogP contribution in [-0.2, 0) is 13.0 Å². The van der Waals surface area contributed by atoms with Crippen molar-refractivity contribution < 1.29 is 0 Å². The molecule has 0 unspecified atom stereocenters. The molecule has 1 saturated heterocycles. The number of hydrogen-bond donors (Lipinski definition) is 2. The third kappa shape index (κ3) is 3.89. The van der Waals surface area contributed by atoms with Crippen molar-refractivity contribution in [1.29, 1.82) is 0 Å². The van der Waals surface area contributed by atoms with Gasteiger partial charge in [0, 0.05) is 18.7 Å². The average molecular weight is 351 g/mol. The Kier molecular flexibility index (Phi) is 5.46. The van der Waals surface area contributed by atoms with Crippen LogP contribution in [0.15, 0.2) is 30.3 Å². The fourth-order valence-corrected chi connectivity index (χ4v) is 4.19. The predicted molar refractivity (Wildman–Crippen MR) is 105 cm³/mol. The fraction of sp³-hybridized carbons (Fsp3) is 0.524. The van der Waals surface area contributed by atoms with Gasteiger partial charge in [-0.15, -0.1) is 0 Å². The topological polar surface area (TPSA) is 53.1 Å². The maximum absolute atomic E-state index is 4.73. The molecule has 1 aromatic carbocycles. The van der Waals surface area contributed by atoms with E-state index in [1.54, 1.807) is 0 Å². The van der Waals surface area contributed by atoms with Crippen LogP contribution in [0.5, 0.6) is 0 Å². The Morgan fingerprint density at radius 3 is 2.73 bits per heavy atom. The lowest BCUT2D eigenvalue weighted by Gasteiger charge is -2.35. The number of fused-ring (bicyclic) bond motifs is 1. The molecule has 2 N–H and O–H groups in total. The molecule has 4 rings (SSSR count). The van der Waals surface area contributed by atoms with Gasteiger partial charge < -0.3 is 10.6 Å². The van der Waals surface area contributed by atoms with Gasteiger partial charge in [0.1, 0.15) is 11.6 Å². The van der Waals surface area contributed by atoms with Crippen molar-refractivity contribution in [2.75, 3.05) is 31.5 Å². The van der Waals surface area contributed by atoms with Crippen LogP contribution in [0.3, 0.4) is 0 Å². The number of aryl methyl sites for hydroxylation is 1. The summed E-state index contributed by atoms with van der Waals surface area (Å²) >= 11 is 0. The second-order valence-corrected chi connectivity index (χ2v) is 7.38. The molecule has 138 valence electrons. The molecule has 3 heterocycles. The van der Waals surface area contributed by atoms with Crippen LogP contribution in [-0.4, -0.2) is 41.0 Å². The lowest BCUT2D eigenvalue weighted by atomic mass is 10.0. The van der Waals surface area contributed by atoms with Crippen molar-refractivity contribution in [3.05, 3.63) is 53.0 Å². The van der Waals surface area contributed by atoms with Gasteiger partial charge in [0.15, 0.2) is 0 Å². The van der Waals surface area contributed by atoms with Gasteiger partial charge in [-0.2, -0.15) is 0 Å². The molecule has 2 aliphatic heterocycles. The average Bonchev–Trinajstić information content (AvgIpc) is 2.69. The zero-order valence-corrected chi connectivity index (χ0v) is 15.7. The van der Waals surface area contributed by atoms with Crippen molar-refractivity contribution in [2.24, 2.45) is 0 Å². The smallest absolute Gasteiger partial charge is 0.133 e. The molecule has 0 bridgehead atoms. The number of benzene rings is 1. The van der Waals surface area contributed by atoms with Crippen LogP contribution in [0.25, 0.3) is 0 Å². The number of rotatable bonds is 5. The normalized spacial score (nSPS) is 19.0. The van der Waals surface area contributed by atoms with E-state index < -0.39 is 0 Å². The van der Waals surface area contributed by atoms with Crippen LogP contribution >= 0.6 is 0 Å². The van der Waals surface area contributed by atoms with Gasteiger partial charge in [0.05, 0.1) is 11.7 Å². The van der Waals surface area contributed by atoms with Gasteiger partial charge >= 0.3 is 0 Å². The Labute approximate surface area is 156 Å². The Hall–Kier alpha value is -1.98. The van der Waals surface area contributed by atoms with E-state index in [-0.39, 0.29) is 0 Å². The maximum atomic E-state index is 4.73. The second kappa shape index (κ2) is 8.14. The van der Waals surface area contributed by atoms with E-state index in [9.17, 15) is 0 Å². The minimum atomic E-state index is 0.393. The molecule has 2 aromatic rings. The molecular weight excluding hydrogens is 322 g/mol. The van der Waals surface area contributed by atoms with Crippen LogP contribution in [0.2, 0.25) is 0 Å². The number of nitrogens with zero attached hydrogens (tertiary/aromatic N) is 3. The maximum Gasteiger partial charge on any atom is 0.133 e. The van der Waals surface area contributed by atoms with Crippen LogP contribution in [0, 0.1) is 6.92 Å². The number of hydrogen-bond acceptors (Lipinski definition) is 5. The van der Waals surface area contributed by atoms with E-state index in [2.05, 4.69) is 50.8 Å². The Morgan fingerprint density at radius 1 is 1.12 bits per heavy atom. The van der Waals surface area contributed by atoms with Gasteiger partial charge in [-0.3, -0.25) is 4.90 Å². The van der Waals surface area contributed by atoms with E-state index >= 15 is 0 Å². The largest absolute Gasteiger partial charge is 0.368 e. The molecule has 26 heavy (non-hydrogen) atoms. The highest BCUT2D eigenvalue weighted by Gasteiger charge is 2.23. The Balaban J connectivity index is 1.56. The molecular formula is C21H29N5. The van der Waals surface area contributed by atoms with Crippen LogP contribution in [0.1, 0.15) is 47.9 Å². The molecule has 2 aliphatic rings. The molecule has 0 radical (unpaired) electrons. The van der Waals surface area contributed by atoms with Crippen molar-refractivity contribution in [3.8, 4) is 0 Å². The third-order valence-corrected chi connectivity index (χ3v) is 5.53. The first-order valence-corrected chi connectivity index (χ1v) is 9.91. The molecule has 0 saturated carbocycles. The Bertz CT molecular complexity index is 725. The zero-order valence-electron chi connectivity index (χ0n) is 15.7. The summed E-state index contributed by atoms with van der Waals surface area (Å²) in [5.74, 6) is 1.89. The van der Waals surface area contributed by atoms with E-state index in [0.717, 1.165) is 43.4 Å². The minimum absolute atomic E-state index is 0.393. The highest BCUT2D eigenvalue weighted by molar-refractivity contribution is 5.48. The molecule has 0 aliphatic carbocycles. The monoisotopic (exact) mass is 351 g/mol. The summed E-state index contributed by atoms with van der Waals surface area (Å²) in [5, 5.41) is 7.10. The van der Waals surface area contributed by atoms with E-state index in [1.165, 1.54) is 43.5 Å². The highest BCUT2D eigenvalue weighted by atomic mass is 15.2. The summed E-state index contributed by atoms with van der Waals surface area (Å²) in [4.78, 5) is 12.0. The molecule has 5 heteroatoms. The van der Waals surface area contributed by atoms with Crippen molar-refractivity contribution in [2.45, 2.75) is 45.2 Å². The second-order valence-electron chi connectivity index (χ2n) is 7.38. The summed E-state index contributed by atoms with van der Waals surface area (Å²) in [6.07, 6.45) is 4.96. The summed E-state index contributed by atoms with van der Waals surface area (Å²) in [5.41, 5.74) is 3.84. The Morgan fingerprint density at radius 2 is 1.92 bits per heavy atom. The lowest BCUT2D eigenvalue weighted by Crippen LogP contribution is -2.37. The number of likely N-dealkylation sites (tertiary alicyclic amines) is 1. The molecule has 5 nitrogen and oxygen atoms in total. The van der Waals surface area contributed by atoms with Gasteiger partial charge in [-0.1, -0.05) is 36.8 Å².